The summed E-state index contributed by atoms with van der Waals surface area (Å²) in [6, 6.07) is 8.99. The van der Waals surface area contributed by atoms with E-state index in [4.69, 9.17) is 0 Å². The lowest BCUT2D eigenvalue weighted by Gasteiger charge is -2.27. The largest absolute Gasteiger partial charge is 0.352 e. The summed E-state index contributed by atoms with van der Waals surface area (Å²) in [5.41, 5.74) is -0.298. The average molecular weight is 357 g/mol. The smallest absolute Gasteiger partial charge is 0.325 e. The molecule has 2 aliphatic rings. The number of carbonyl (C=O) groups excluding carboxylic acids is 3. The van der Waals surface area contributed by atoms with Crippen LogP contribution in [0.1, 0.15) is 57.4 Å². The normalized spacial score (nSPS) is 23.3. The molecule has 1 saturated carbocycles. The third kappa shape index (κ3) is 3.59. The second-order valence-corrected chi connectivity index (χ2v) is 7.25. The van der Waals surface area contributed by atoms with Gasteiger partial charge >= 0.3 is 6.03 Å². The molecule has 1 unspecified atom stereocenters. The number of urea groups is 1. The fourth-order valence-electron chi connectivity index (χ4n) is 3.93. The Bertz CT molecular complexity index is 670. The van der Waals surface area contributed by atoms with Crippen LogP contribution in [-0.2, 0) is 15.1 Å². The molecule has 0 bridgehead atoms. The van der Waals surface area contributed by atoms with E-state index in [-0.39, 0.29) is 24.4 Å². The molecule has 1 heterocycles. The highest BCUT2D eigenvalue weighted by Crippen LogP contribution is 2.34. The molecule has 1 atom stereocenters. The summed E-state index contributed by atoms with van der Waals surface area (Å²) in [7, 11) is 0. The van der Waals surface area contributed by atoms with Crippen molar-refractivity contribution in [2.24, 2.45) is 0 Å². The van der Waals surface area contributed by atoms with E-state index < -0.39 is 11.6 Å². The first-order valence-corrected chi connectivity index (χ1v) is 9.56. The third-order valence-electron chi connectivity index (χ3n) is 5.37. The third-order valence-corrected chi connectivity index (χ3v) is 5.37. The maximum Gasteiger partial charge on any atom is 0.325 e. The SMILES string of the molecule is CCCCC1(c2ccccc2)NC(=O)N(CC(=O)NC2CCCC2)C1=O. The molecule has 0 radical (unpaired) electrons. The average Bonchev–Trinajstić information content (AvgIpc) is 3.23. The Balaban J connectivity index is 1.77. The van der Waals surface area contributed by atoms with Crippen LogP contribution < -0.4 is 10.6 Å². The first kappa shape index (κ1) is 18.4. The summed E-state index contributed by atoms with van der Waals surface area (Å²) in [5.74, 6) is -0.594. The molecular formula is C20H27N3O3. The van der Waals surface area contributed by atoms with Crippen molar-refractivity contribution >= 4 is 17.8 Å². The van der Waals surface area contributed by atoms with E-state index >= 15 is 0 Å². The quantitative estimate of drug-likeness (QED) is 0.737. The minimum atomic E-state index is -1.07. The van der Waals surface area contributed by atoms with Crippen molar-refractivity contribution in [1.82, 2.24) is 15.5 Å². The van der Waals surface area contributed by atoms with Crippen LogP contribution in [0.25, 0.3) is 0 Å². The molecule has 1 aromatic carbocycles. The van der Waals surface area contributed by atoms with Gasteiger partial charge in [0.15, 0.2) is 0 Å². The summed E-state index contributed by atoms with van der Waals surface area (Å²) in [5, 5.41) is 5.82. The Labute approximate surface area is 154 Å². The molecule has 0 aromatic heterocycles. The van der Waals surface area contributed by atoms with Crippen molar-refractivity contribution in [2.45, 2.75) is 63.5 Å². The minimum Gasteiger partial charge on any atom is -0.352 e. The Morgan fingerprint density at radius 3 is 2.58 bits per heavy atom. The predicted octanol–water partition coefficient (Wildman–Crippen LogP) is 2.68. The van der Waals surface area contributed by atoms with Crippen LogP contribution in [-0.4, -0.2) is 35.3 Å². The Kier molecular flexibility index (Phi) is 5.59. The van der Waals surface area contributed by atoms with Crippen molar-refractivity contribution in [1.29, 1.82) is 0 Å². The fourth-order valence-corrected chi connectivity index (χ4v) is 3.93. The molecular weight excluding hydrogens is 330 g/mol. The van der Waals surface area contributed by atoms with E-state index in [9.17, 15) is 14.4 Å². The zero-order valence-electron chi connectivity index (χ0n) is 15.3. The lowest BCUT2D eigenvalue weighted by atomic mass is 9.85. The van der Waals surface area contributed by atoms with Crippen LogP contribution in [0.15, 0.2) is 30.3 Å². The van der Waals surface area contributed by atoms with Crippen molar-refractivity contribution in [3.8, 4) is 0 Å². The number of unbranched alkanes of at least 4 members (excludes halogenated alkanes) is 1. The number of nitrogens with one attached hydrogen (secondary N) is 2. The molecule has 1 aliphatic heterocycles. The van der Waals surface area contributed by atoms with Crippen LogP contribution in [0.3, 0.4) is 0 Å². The summed E-state index contributed by atoms with van der Waals surface area (Å²) >= 11 is 0. The monoisotopic (exact) mass is 357 g/mol. The minimum absolute atomic E-state index is 0.169. The van der Waals surface area contributed by atoms with Crippen LogP contribution in [0.4, 0.5) is 4.79 Å². The topological polar surface area (TPSA) is 78.5 Å². The van der Waals surface area contributed by atoms with Gasteiger partial charge in [0.25, 0.3) is 5.91 Å². The van der Waals surface area contributed by atoms with E-state index in [1.165, 1.54) is 0 Å². The number of amides is 4. The molecule has 26 heavy (non-hydrogen) atoms. The standard InChI is InChI=1S/C20H27N3O3/c1-2-3-13-20(15-9-5-4-6-10-15)18(25)23(19(26)22-20)14-17(24)21-16-11-7-8-12-16/h4-6,9-10,16H,2-3,7-8,11-14H2,1H3,(H,21,24)(H,22,26). The van der Waals surface area contributed by atoms with Gasteiger partial charge in [-0.1, -0.05) is 62.9 Å². The molecule has 2 N–H and O–H groups in total. The maximum atomic E-state index is 13.2. The van der Waals surface area contributed by atoms with Crippen LogP contribution >= 0.6 is 0 Å². The highest BCUT2D eigenvalue weighted by molar-refractivity contribution is 6.09. The number of imide groups is 1. The van der Waals surface area contributed by atoms with E-state index in [0.717, 1.165) is 49.0 Å². The van der Waals surface area contributed by atoms with Crippen molar-refractivity contribution in [3.05, 3.63) is 35.9 Å². The summed E-state index contributed by atoms with van der Waals surface area (Å²) < 4.78 is 0. The van der Waals surface area contributed by atoms with Crippen LogP contribution in [0.5, 0.6) is 0 Å². The van der Waals surface area contributed by atoms with E-state index in [1.54, 1.807) is 0 Å². The van der Waals surface area contributed by atoms with Gasteiger partial charge in [-0.15, -0.1) is 0 Å². The summed E-state index contributed by atoms with van der Waals surface area (Å²) in [6.45, 7) is 1.83. The van der Waals surface area contributed by atoms with E-state index in [1.807, 2.05) is 37.3 Å². The Morgan fingerprint density at radius 2 is 1.92 bits per heavy atom. The number of carbonyl (C=O) groups is 3. The molecule has 0 spiro atoms. The number of hydrogen-bond acceptors (Lipinski definition) is 3. The van der Waals surface area contributed by atoms with Gasteiger partial charge in [0.1, 0.15) is 12.1 Å². The van der Waals surface area contributed by atoms with Gasteiger partial charge in [-0.2, -0.15) is 0 Å². The Morgan fingerprint density at radius 1 is 1.23 bits per heavy atom. The number of benzene rings is 1. The van der Waals surface area contributed by atoms with Gasteiger partial charge in [0.2, 0.25) is 5.91 Å². The lowest BCUT2D eigenvalue weighted by Crippen LogP contribution is -2.46. The van der Waals surface area contributed by atoms with E-state index in [0.29, 0.717) is 6.42 Å². The first-order valence-electron chi connectivity index (χ1n) is 9.56. The van der Waals surface area contributed by atoms with E-state index in [2.05, 4.69) is 10.6 Å². The summed E-state index contributed by atoms with van der Waals surface area (Å²) in [4.78, 5) is 39.1. The van der Waals surface area contributed by atoms with Gasteiger partial charge in [0.05, 0.1) is 0 Å². The van der Waals surface area contributed by atoms with Gasteiger partial charge in [-0.05, 0) is 24.8 Å². The van der Waals surface area contributed by atoms with Crippen molar-refractivity contribution < 1.29 is 14.4 Å². The highest BCUT2D eigenvalue weighted by Gasteiger charge is 2.52. The number of hydrogen-bond donors (Lipinski definition) is 2. The molecule has 1 aromatic rings. The number of nitrogens with zero attached hydrogens (tertiary/aromatic N) is 1. The molecule has 6 nitrogen and oxygen atoms in total. The second-order valence-electron chi connectivity index (χ2n) is 7.25. The second kappa shape index (κ2) is 7.89. The molecule has 1 saturated heterocycles. The highest BCUT2D eigenvalue weighted by atomic mass is 16.2. The zero-order chi connectivity index (χ0) is 18.6. The number of rotatable bonds is 7. The predicted molar refractivity (Wildman–Crippen MR) is 98.3 cm³/mol. The molecule has 4 amide bonds. The molecule has 6 heteroatoms. The van der Waals surface area contributed by atoms with Gasteiger partial charge in [0, 0.05) is 6.04 Å². The van der Waals surface area contributed by atoms with Crippen LogP contribution in [0, 0.1) is 0 Å². The molecule has 1 aliphatic carbocycles. The molecule has 2 fully saturated rings. The van der Waals surface area contributed by atoms with Gasteiger partial charge in [-0.25, -0.2) is 4.79 Å². The lowest BCUT2D eigenvalue weighted by molar-refractivity contribution is -0.135. The van der Waals surface area contributed by atoms with Gasteiger partial charge in [-0.3, -0.25) is 14.5 Å². The summed E-state index contributed by atoms with van der Waals surface area (Å²) in [6.07, 6.45) is 6.42. The first-order chi connectivity index (χ1) is 12.6. The van der Waals surface area contributed by atoms with Crippen molar-refractivity contribution in [3.63, 3.8) is 0 Å². The maximum absolute atomic E-state index is 13.2. The van der Waals surface area contributed by atoms with Crippen molar-refractivity contribution in [2.75, 3.05) is 6.54 Å². The fraction of sp³-hybridized carbons (Fsp3) is 0.550. The van der Waals surface area contributed by atoms with Crippen LogP contribution in [0.2, 0.25) is 0 Å². The molecule has 3 rings (SSSR count). The molecule has 140 valence electrons. The zero-order valence-corrected chi connectivity index (χ0v) is 15.3. The Hall–Kier alpha value is -2.37. The van der Waals surface area contributed by atoms with Gasteiger partial charge < -0.3 is 10.6 Å².